The molecule has 1 aliphatic heterocycles. The van der Waals surface area contributed by atoms with E-state index in [2.05, 4.69) is 5.32 Å². The Labute approximate surface area is 205 Å². The lowest BCUT2D eigenvalue weighted by atomic mass is 10.2. The van der Waals surface area contributed by atoms with Gasteiger partial charge in [0.25, 0.3) is 0 Å². The van der Waals surface area contributed by atoms with Crippen molar-refractivity contribution >= 4 is 37.3 Å². The molecule has 1 fully saturated rings. The zero-order valence-corrected chi connectivity index (χ0v) is 21.6. The lowest BCUT2D eigenvalue weighted by Crippen LogP contribution is -2.37. The van der Waals surface area contributed by atoms with Crippen LogP contribution in [0.2, 0.25) is 0 Å². The molecule has 0 radical (unpaired) electrons. The average Bonchev–Trinajstić information content (AvgIpc) is 3.37. The van der Waals surface area contributed by atoms with Gasteiger partial charge >= 0.3 is 0 Å². The minimum atomic E-state index is -3.92. The largest absolute Gasteiger partial charge is 0.497 e. The summed E-state index contributed by atoms with van der Waals surface area (Å²) >= 11 is 0. The van der Waals surface area contributed by atoms with E-state index in [1.807, 2.05) is 0 Å². The molecule has 1 heterocycles. The van der Waals surface area contributed by atoms with Gasteiger partial charge in [-0.1, -0.05) is 0 Å². The van der Waals surface area contributed by atoms with Crippen molar-refractivity contribution in [2.45, 2.75) is 17.7 Å². The summed E-state index contributed by atoms with van der Waals surface area (Å²) in [5.41, 5.74) is 0.214. The molecular formula is C22H29N3O8S2. The third-order valence-electron chi connectivity index (χ3n) is 5.49. The maximum absolute atomic E-state index is 13.0. The van der Waals surface area contributed by atoms with E-state index in [0.717, 1.165) is 23.4 Å². The molecule has 192 valence electrons. The number of hydrogen-bond donors (Lipinski definition) is 1. The Morgan fingerprint density at radius 2 is 1.57 bits per heavy atom. The molecule has 2 aromatic rings. The summed E-state index contributed by atoms with van der Waals surface area (Å²) in [4.78, 5) is 13.0. The fourth-order valence-corrected chi connectivity index (χ4v) is 6.11. The van der Waals surface area contributed by atoms with Crippen LogP contribution in [0.4, 0.5) is 11.4 Å². The van der Waals surface area contributed by atoms with Crippen LogP contribution in [0.15, 0.2) is 41.3 Å². The summed E-state index contributed by atoms with van der Waals surface area (Å²) in [5.74, 6) is 0.106. The standard InChI is InChI=1S/C22H29N3O8S2/c1-31-16-7-9-21(33-3)19(13-16)25(34(4,27)28)15-22(26)23-18-14-17(8-10-20(18)32-2)35(29,30)24-11-5-6-12-24/h7-10,13-14H,5-6,11-12,15H2,1-4H3,(H,23,26). The molecule has 11 nitrogen and oxygen atoms in total. The summed E-state index contributed by atoms with van der Waals surface area (Å²) in [6, 6.07) is 8.72. The van der Waals surface area contributed by atoms with Gasteiger partial charge < -0.3 is 19.5 Å². The Morgan fingerprint density at radius 3 is 2.14 bits per heavy atom. The smallest absolute Gasteiger partial charge is 0.245 e. The van der Waals surface area contributed by atoms with Crippen molar-refractivity contribution in [1.29, 1.82) is 0 Å². The fraction of sp³-hybridized carbons (Fsp3) is 0.409. The summed E-state index contributed by atoms with van der Waals surface area (Å²) in [6.45, 7) is 0.262. The van der Waals surface area contributed by atoms with Gasteiger partial charge in [0.15, 0.2) is 0 Å². The molecule has 3 rings (SSSR count). The van der Waals surface area contributed by atoms with Gasteiger partial charge in [-0.05, 0) is 43.2 Å². The molecule has 0 spiro atoms. The second kappa shape index (κ2) is 10.7. The normalized spacial score (nSPS) is 14.4. The zero-order chi connectivity index (χ0) is 25.8. The molecule has 2 aromatic carbocycles. The number of carbonyl (C=O) groups excluding carboxylic acids is 1. The van der Waals surface area contributed by atoms with E-state index >= 15 is 0 Å². The number of hydrogen-bond acceptors (Lipinski definition) is 8. The van der Waals surface area contributed by atoms with Crippen molar-refractivity contribution in [2.75, 3.05) is 56.8 Å². The van der Waals surface area contributed by atoms with Gasteiger partial charge in [0.1, 0.15) is 23.8 Å². The van der Waals surface area contributed by atoms with Gasteiger partial charge in [0.2, 0.25) is 26.0 Å². The lowest BCUT2D eigenvalue weighted by Gasteiger charge is -2.24. The van der Waals surface area contributed by atoms with Gasteiger partial charge in [0.05, 0.1) is 43.9 Å². The van der Waals surface area contributed by atoms with Crippen molar-refractivity contribution < 1.29 is 35.8 Å². The van der Waals surface area contributed by atoms with Crippen LogP contribution >= 0.6 is 0 Å². The van der Waals surface area contributed by atoms with Gasteiger partial charge in [-0.15, -0.1) is 0 Å². The van der Waals surface area contributed by atoms with Crippen molar-refractivity contribution in [3.8, 4) is 17.2 Å². The Kier molecular flexibility index (Phi) is 8.13. The first-order valence-corrected chi connectivity index (χ1v) is 14.0. The molecule has 0 saturated carbocycles. The second-order valence-corrected chi connectivity index (χ2v) is 11.7. The molecular weight excluding hydrogens is 498 g/mol. The van der Waals surface area contributed by atoms with Crippen LogP contribution < -0.4 is 23.8 Å². The maximum Gasteiger partial charge on any atom is 0.245 e. The second-order valence-electron chi connectivity index (χ2n) is 7.83. The van der Waals surface area contributed by atoms with E-state index in [1.54, 1.807) is 6.07 Å². The number of benzene rings is 2. The number of methoxy groups -OCH3 is 3. The number of nitrogens with zero attached hydrogens (tertiary/aromatic N) is 2. The Hall–Kier alpha value is -3.03. The van der Waals surface area contributed by atoms with Crippen LogP contribution in [0.3, 0.4) is 0 Å². The predicted octanol–water partition coefficient (Wildman–Crippen LogP) is 1.90. The van der Waals surface area contributed by atoms with E-state index in [9.17, 15) is 21.6 Å². The van der Waals surface area contributed by atoms with Gasteiger partial charge in [-0.3, -0.25) is 9.10 Å². The maximum atomic E-state index is 13.0. The minimum Gasteiger partial charge on any atom is -0.497 e. The Balaban J connectivity index is 1.92. The SMILES string of the molecule is COc1ccc(OC)c(N(CC(=O)Nc2cc(S(=O)(=O)N3CCCC3)ccc2OC)S(C)(=O)=O)c1. The minimum absolute atomic E-state index is 0.00457. The highest BCUT2D eigenvalue weighted by Gasteiger charge is 2.29. The van der Waals surface area contributed by atoms with Crippen molar-refractivity contribution in [1.82, 2.24) is 4.31 Å². The fourth-order valence-electron chi connectivity index (χ4n) is 3.72. The molecule has 1 saturated heterocycles. The van der Waals surface area contributed by atoms with E-state index in [1.165, 1.54) is 56.0 Å². The quantitative estimate of drug-likeness (QED) is 0.496. The van der Waals surface area contributed by atoms with E-state index in [-0.39, 0.29) is 27.8 Å². The third-order valence-corrected chi connectivity index (χ3v) is 8.51. The lowest BCUT2D eigenvalue weighted by molar-refractivity contribution is -0.114. The van der Waals surface area contributed by atoms with Crippen LogP contribution in [0.1, 0.15) is 12.8 Å². The summed E-state index contributed by atoms with van der Waals surface area (Å²) in [6.07, 6.45) is 2.53. The molecule has 0 unspecified atom stereocenters. The molecule has 1 amide bonds. The monoisotopic (exact) mass is 527 g/mol. The molecule has 0 aromatic heterocycles. The Morgan fingerprint density at radius 1 is 0.943 bits per heavy atom. The summed E-state index contributed by atoms with van der Waals surface area (Å²) in [7, 11) is -3.47. The number of anilines is 2. The van der Waals surface area contributed by atoms with Crippen molar-refractivity contribution in [2.24, 2.45) is 0 Å². The zero-order valence-electron chi connectivity index (χ0n) is 20.0. The van der Waals surface area contributed by atoms with Gasteiger partial charge in [-0.25, -0.2) is 16.8 Å². The van der Waals surface area contributed by atoms with Crippen LogP contribution in [0, 0.1) is 0 Å². The van der Waals surface area contributed by atoms with E-state index < -0.39 is 32.5 Å². The first-order chi connectivity index (χ1) is 16.5. The third kappa shape index (κ3) is 5.97. The first-order valence-electron chi connectivity index (χ1n) is 10.7. The average molecular weight is 528 g/mol. The van der Waals surface area contributed by atoms with Gasteiger partial charge in [-0.2, -0.15) is 4.31 Å². The van der Waals surface area contributed by atoms with Crippen LogP contribution in [0.5, 0.6) is 17.2 Å². The summed E-state index contributed by atoms with van der Waals surface area (Å²) < 4.78 is 69.1. The van der Waals surface area contributed by atoms with E-state index in [4.69, 9.17) is 14.2 Å². The van der Waals surface area contributed by atoms with Gasteiger partial charge in [0, 0.05) is 19.2 Å². The number of amides is 1. The first kappa shape index (κ1) is 26.6. The molecule has 0 atom stereocenters. The highest BCUT2D eigenvalue weighted by molar-refractivity contribution is 7.92. The van der Waals surface area contributed by atoms with Crippen LogP contribution in [-0.4, -0.2) is 74.3 Å². The number of ether oxygens (including phenoxy) is 3. The summed E-state index contributed by atoms with van der Waals surface area (Å²) in [5, 5.41) is 2.58. The topological polar surface area (TPSA) is 132 Å². The number of carbonyl (C=O) groups is 1. The highest BCUT2D eigenvalue weighted by atomic mass is 32.2. The molecule has 1 aliphatic rings. The molecule has 35 heavy (non-hydrogen) atoms. The van der Waals surface area contributed by atoms with Crippen LogP contribution in [-0.2, 0) is 24.8 Å². The van der Waals surface area contributed by atoms with E-state index in [0.29, 0.717) is 18.8 Å². The van der Waals surface area contributed by atoms with Crippen LogP contribution in [0.25, 0.3) is 0 Å². The number of rotatable bonds is 10. The molecule has 1 N–H and O–H groups in total. The molecule has 0 aliphatic carbocycles. The predicted molar refractivity (Wildman–Crippen MR) is 131 cm³/mol. The van der Waals surface area contributed by atoms with Crippen molar-refractivity contribution in [3.05, 3.63) is 36.4 Å². The number of sulfonamides is 2. The Bertz CT molecular complexity index is 1290. The van der Waals surface area contributed by atoms with Crippen molar-refractivity contribution in [3.63, 3.8) is 0 Å². The number of nitrogens with one attached hydrogen (secondary N) is 1. The highest BCUT2D eigenvalue weighted by Crippen LogP contribution is 2.34. The molecule has 0 bridgehead atoms. The molecule has 13 heteroatoms.